The molecule has 2 aromatic carbocycles. The second-order valence-corrected chi connectivity index (χ2v) is 8.49. The zero-order valence-electron chi connectivity index (χ0n) is 16.1. The molecule has 1 amide bonds. The van der Waals surface area contributed by atoms with Crippen molar-refractivity contribution in [2.75, 3.05) is 12.4 Å². The predicted octanol–water partition coefficient (Wildman–Crippen LogP) is 3.70. The third kappa shape index (κ3) is 4.78. The molecule has 1 N–H and O–H groups in total. The van der Waals surface area contributed by atoms with E-state index in [0.717, 1.165) is 15.4 Å². The molecule has 3 rings (SSSR count). The highest BCUT2D eigenvalue weighted by molar-refractivity contribution is 7.88. The minimum absolute atomic E-state index is 0.0415. The van der Waals surface area contributed by atoms with Gasteiger partial charge in [0, 0.05) is 16.9 Å². The number of hydrogen-bond donors (Lipinski definition) is 1. The summed E-state index contributed by atoms with van der Waals surface area (Å²) < 4.78 is 34.8. The summed E-state index contributed by atoms with van der Waals surface area (Å²) in [6.45, 7) is 3.35. The van der Waals surface area contributed by atoms with Gasteiger partial charge in [-0.15, -0.1) is 4.40 Å². The van der Waals surface area contributed by atoms with Crippen LogP contribution in [0.3, 0.4) is 0 Å². The Balaban J connectivity index is 1.86. The molecule has 0 bridgehead atoms. The van der Waals surface area contributed by atoms with E-state index in [1.807, 2.05) is 6.92 Å². The van der Waals surface area contributed by atoms with Crippen LogP contribution in [0, 0.1) is 6.92 Å². The summed E-state index contributed by atoms with van der Waals surface area (Å²) in [6, 6.07) is 12.1. The lowest BCUT2D eigenvalue weighted by Gasteiger charge is -2.24. The molecule has 1 aliphatic rings. The van der Waals surface area contributed by atoms with Gasteiger partial charge in [0.2, 0.25) is 0 Å². The second-order valence-electron chi connectivity index (χ2n) is 6.50. The maximum atomic E-state index is 12.8. The minimum Gasteiger partial charge on any atom is -0.497 e. The van der Waals surface area contributed by atoms with Gasteiger partial charge in [0.1, 0.15) is 5.75 Å². The van der Waals surface area contributed by atoms with Gasteiger partial charge in [-0.05, 0) is 55.3 Å². The van der Waals surface area contributed by atoms with Gasteiger partial charge in [-0.3, -0.25) is 9.10 Å². The lowest BCUT2D eigenvalue weighted by atomic mass is 10.1. The first kappa shape index (κ1) is 20.9. The summed E-state index contributed by atoms with van der Waals surface area (Å²) >= 11 is 5.95. The van der Waals surface area contributed by atoms with Gasteiger partial charge >= 0.3 is 10.2 Å². The van der Waals surface area contributed by atoms with Crippen molar-refractivity contribution in [1.82, 2.24) is 4.31 Å². The lowest BCUT2D eigenvalue weighted by molar-refractivity contribution is -0.112. The number of hydrogen-bond acceptors (Lipinski definition) is 4. The van der Waals surface area contributed by atoms with Gasteiger partial charge in [-0.1, -0.05) is 23.7 Å². The average Bonchev–Trinajstić information content (AvgIpc) is 2.66. The van der Waals surface area contributed by atoms with Crippen molar-refractivity contribution in [3.05, 3.63) is 70.4 Å². The van der Waals surface area contributed by atoms with Crippen molar-refractivity contribution in [1.29, 1.82) is 0 Å². The van der Waals surface area contributed by atoms with Crippen molar-refractivity contribution in [3.63, 3.8) is 0 Å². The summed E-state index contributed by atoms with van der Waals surface area (Å²) in [5.74, 6) is 0.212. The fraction of sp³-hybridized carbons (Fsp3) is 0.200. The molecule has 0 unspecified atom stereocenters. The molecule has 0 radical (unpaired) electrons. The van der Waals surface area contributed by atoms with Gasteiger partial charge < -0.3 is 10.1 Å². The summed E-state index contributed by atoms with van der Waals surface area (Å²) in [5, 5.41) is 3.34. The number of halogens is 1. The van der Waals surface area contributed by atoms with E-state index >= 15 is 0 Å². The van der Waals surface area contributed by atoms with Gasteiger partial charge in [0.25, 0.3) is 5.91 Å². The third-order valence-corrected chi connectivity index (χ3v) is 5.96. The van der Waals surface area contributed by atoms with Crippen molar-refractivity contribution < 1.29 is 17.9 Å². The SMILES string of the molecule is COc1ccc(CN2C=C(C(=O)Nc3ccc(Cl)cc3C)C(C)=NS2(=O)=O)cc1. The molecule has 2 aromatic rings. The Morgan fingerprint density at radius 2 is 1.86 bits per heavy atom. The van der Waals surface area contributed by atoms with E-state index in [0.29, 0.717) is 16.5 Å². The van der Waals surface area contributed by atoms with E-state index in [1.54, 1.807) is 49.6 Å². The largest absolute Gasteiger partial charge is 0.497 e. The van der Waals surface area contributed by atoms with Gasteiger partial charge in [0.05, 0.1) is 24.9 Å². The smallest absolute Gasteiger partial charge is 0.344 e. The van der Waals surface area contributed by atoms with E-state index in [1.165, 1.54) is 13.1 Å². The fourth-order valence-corrected chi connectivity index (χ4v) is 4.12. The normalized spacial score (nSPS) is 15.4. The highest BCUT2D eigenvalue weighted by Crippen LogP contribution is 2.24. The molecule has 1 aliphatic heterocycles. The lowest BCUT2D eigenvalue weighted by Crippen LogP contribution is -2.32. The first-order valence-corrected chi connectivity index (χ1v) is 10.5. The van der Waals surface area contributed by atoms with E-state index < -0.39 is 16.1 Å². The Kier molecular flexibility index (Phi) is 5.95. The number of carbonyl (C=O) groups is 1. The standard InChI is InChI=1S/C20H20ClN3O4S/c1-13-10-16(21)6-9-19(13)22-20(25)18-12-24(29(26,27)23-14(18)2)11-15-4-7-17(28-3)8-5-15/h4-10,12H,11H2,1-3H3,(H,22,25). The molecular formula is C20H20ClN3O4S. The average molecular weight is 434 g/mol. The Morgan fingerprint density at radius 3 is 2.48 bits per heavy atom. The van der Waals surface area contributed by atoms with Crippen LogP contribution in [0.25, 0.3) is 0 Å². The van der Waals surface area contributed by atoms with Gasteiger partial charge in [0.15, 0.2) is 0 Å². The van der Waals surface area contributed by atoms with Crippen molar-refractivity contribution >= 4 is 39.1 Å². The van der Waals surface area contributed by atoms with E-state index in [4.69, 9.17) is 16.3 Å². The number of ether oxygens (including phenoxy) is 1. The number of carbonyl (C=O) groups excluding carboxylic acids is 1. The fourth-order valence-electron chi connectivity index (χ4n) is 2.80. The molecule has 0 aromatic heterocycles. The predicted molar refractivity (Wildman–Crippen MR) is 113 cm³/mol. The number of benzene rings is 2. The van der Waals surface area contributed by atoms with Crippen LogP contribution in [-0.4, -0.2) is 31.5 Å². The summed E-state index contributed by atoms with van der Waals surface area (Å²) in [5.41, 5.74) is 2.40. The maximum absolute atomic E-state index is 12.8. The van der Waals surface area contributed by atoms with E-state index in [2.05, 4.69) is 9.71 Å². The van der Waals surface area contributed by atoms with Crippen LogP contribution in [0.5, 0.6) is 5.75 Å². The van der Waals surface area contributed by atoms with Crippen LogP contribution in [-0.2, 0) is 21.5 Å². The minimum atomic E-state index is -3.92. The van der Waals surface area contributed by atoms with Crippen LogP contribution in [0.4, 0.5) is 5.69 Å². The molecular weight excluding hydrogens is 414 g/mol. The zero-order chi connectivity index (χ0) is 21.2. The quantitative estimate of drug-likeness (QED) is 0.778. The van der Waals surface area contributed by atoms with Crippen LogP contribution >= 0.6 is 11.6 Å². The Hall–Kier alpha value is -2.84. The van der Waals surface area contributed by atoms with Crippen LogP contribution in [0.15, 0.2) is 58.6 Å². The molecule has 1 heterocycles. The number of anilines is 1. The van der Waals surface area contributed by atoms with E-state index in [9.17, 15) is 13.2 Å². The Morgan fingerprint density at radius 1 is 1.17 bits per heavy atom. The van der Waals surface area contributed by atoms with Crippen LogP contribution < -0.4 is 10.1 Å². The second kappa shape index (κ2) is 8.26. The van der Waals surface area contributed by atoms with Crippen LogP contribution in [0.2, 0.25) is 5.02 Å². The summed E-state index contributed by atoms with van der Waals surface area (Å²) in [6.07, 6.45) is 1.31. The molecule has 7 nitrogen and oxygen atoms in total. The molecule has 29 heavy (non-hydrogen) atoms. The number of nitrogens with one attached hydrogen (secondary N) is 1. The molecule has 9 heteroatoms. The monoisotopic (exact) mass is 433 g/mol. The maximum Gasteiger partial charge on any atom is 0.344 e. The Bertz CT molecular complexity index is 1110. The van der Waals surface area contributed by atoms with Gasteiger partial charge in [-0.2, -0.15) is 8.42 Å². The number of amides is 1. The molecule has 0 saturated heterocycles. The van der Waals surface area contributed by atoms with Gasteiger partial charge in [-0.25, -0.2) is 0 Å². The van der Waals surface area contributed by atoms with E-state index in [-0.39, 0.29) is 17.8 Å². The number of nitrogens with zero attached hydrogens (tertiary/aromatic N) is 2. The molecule has 152 valence electrons. The Labute approximate surface area is 174 Å². The summed E-state index contributed by atoms with van der Waals surface area (Å²) in [7, 11) is -2.37. The molecule has 0 saturated carbocycles. The van der Waals surface area contributed by atoms with Crippen molar-refractivity contribution in [2.45, 2.75) is 20.4 Å². The number of aryl methyl sites for hydroxylation is 1. The molecule has 0 fully saturated rings. The van der Waals surface area contributed by atoms with Crippen molar-refractivity contribution in [3.8, 4) is 5.75 Å². The van der Waals surface area contributed by atoms with Crippen molar-refractivity contribution in [2.24, 2.45) is 4.40 Å². The number of methoxy groups -OCH3 is 1. The first-order chi connectivity index (χ1) is 13.7. The van der Waals surface area contributed by atoms with Crippen LogP contribution in [0.1, 0.15) is 18.1 Å². The third-order valence-electron chi connectivity index (χ3n) is 4.39. The number of rotatable bonds is 5. The highest BCUT2D eigenvalue weighted by atomic mass is 35.5. The topological polar surface area (TPSA) is 88.1 Å². The summed E-state index contributed by atoms with van der Waals surface area (Å²) in [4.78, 5) is 12.8. The first-order valence-electron chi connectivity index (χ1n) is 8.70. The molecule has 0 aliphatic carbocycles. The molecule has 0 spiro atoms. The molecule has 0 atom stereocenters. The zero-order valence-corrected chi connectivity index (χ0v) is 17.7. The highest BCUT2D eigenvalue weighted by Gasteiger charge is 2.28.